The van der Waals surface area contributed by atoms with Crippen LogP contribution in [0.15, 0.2) is 24.3 Å². The van der Waals surface area contributed by atoms with Crippen LogP contribution in [0.25, 0.3) is 0 Å². The fourth-order valence-corrected chi connectivity index (χ4v) is 1.84. The molecule has 0 aliphatic rings. The second-order valence-electron chi connectivity index (χ2n) is 6.15. The van der Waals surface area contributed by atoms with E-state index >= 15 is 0 Å². The minimum absolute atomic E-state index is 0.0310. The second kappa shape index (κ2) is 7.49. The van der Waals surface area contributed by atoms with Crippen LogP contribution in [0.3, 0.4) is 0 Å². The Hall–Kier alpha value is -1.75. The molecule has 1 aromatic carbocycles. The molecule has 1 aromatic rings. The van der Waals surface area contributed by atoms with E-state index in [1.165, 1.54) is 0 Å². The van der Waals surface area contributed by atoms with Crippen molar-refractivity contribution in [3.8, 4) is 5.75 Å². The van der Waals surface area contributed by atoms with Crippen molar-refractivity contribution in [1.82, 2.24) is 5.32 Å². The first-order valence-electron chi connectivity index (χ1n) is 7.07. The third kappa shape index (κ3) is 5.22. The largest absolute Gasteiger partial charge is 0.481 e. The summed E-state index contributed by atoms with van der Waals surface area (Å²) in [7, 11) is 0. The van der Waals surface area contributed by atoms with Crippen molar-refractivity contribution >= 4 is 23.5 Å². The van der Waals surface area contributed by atoms with Crippen LogP contribution in [-0.2, 0) is 9.59 Å². The molecule has 0 spiro atoms. The Morgan fingerprint density at radius 3 is 2.50 bits per heavy atom. The van der Waals surface area contributed by atoms with Gasteiger partial charge in [0.05, 0.1) is 5.41 Å². The molecule has 122 valence electrons. The van der Waals surface area contributed by atoms with Crippen molar-refractivity contribution < 1.29 is 19.4 Å². The maximum Gasteiger partial charge on any atom is 0.310 e. The molecular formula is C16H22ClNO4. The zero-order valence-corrected chi connectivity index (χ0v) is 14.0. The first kappa shape index (κ1) is 18.3. The number of carboxylic acid groups (broad SMARTS) is 1. The number of nitrogens with one attached hydrogen (secondary N) is 1. The predicted octanol–water partition coefficient (Wildman–Crippen LogP) is 2.97. The molecule has 2 N–H and O–H groups in total. The molecule has 0 aliphatic heterocycles. The summed E-state index contributed by atoms with van der Waals surface area (Å²) >= 11 is 5.90. The smallest absolute Gasteiger partial charge is 0.310 e. The van der Waals surface area contributed by atoms with Crippen LogP contribution in [0.4, 0.5) is 0 Å². The third-order valence-corrected chi connectivity index (χ3v) is 3.44. The van der Waals surface area contributed by atoms with Gasteiger partial charge in [-0.2, -0.15) is 0 Å². The fraction of sp³-hybridized carbons (Fsp3) is 0.500. The monoisotopic (exact) mass is 327 g/mol. The Labute approximate surface area is 135 Å². The third-order valence-electron chi connectivity index (χ3n) is 3.21. The molecule has 0 saturated carbocycles. The van der Waals surface area contributed by atoms with Gasteiger partial charge in [0.1, 0.15) is 5.75 Å². The van der Waals surface area contributed by atoms with Crippen molar-refractivity contribution in [2.75, 3.05) is 6.54 Å². The van der Waals surface area contributed by atoms with E-state index in [-0.39, 0.29) is 18.4 Å². The number of hydrogen-bond donors (Lipinski definition) is 2. The molecule has 5 nitrogen and oxygen atoms in total. The Balaban J connectivity index is 2.74. The highest BCUT2D eigenvalue weighted by atomic mass is 35.5. The number of benzene rings is 1. The fourth-order valence-electron chi connectivity index (χ4n) is 1.66. The molecule has 0 heterocycles. The van der Waals surface area contributed by atoms with E-state index in [0.717, 1.165) is 0 Å². The van der Waals surface area contributed by atoms with E-state index < -0.39 is 17.5 Å². The van der Waals surface area contributed by atoms with E-state index in [4.69, 9.17) is 21.4 Å². The average Bonchev–Trinajstić information content (AvgIpc) is 2.42. The highest BCUT2D eigenvalue weighted by Crippen LogP contribution is 2.21. The minimum atomic E-state index is -1.03. The predicted molar refractivity (Wildman–Crippen MR) is 85.1 cm³/mol. The van der Waals surface area contributed by atoms with Gasteiger partial charge in [0.15, 0.2) is 6.10 Å². The highest BCUT2D eigenvalue weighted by Gasteiger charge is 2.30. The van der Waals surface area contributed by atoms with Crippen molar-refractivity contribution in [3.05, 3.63) is 29.3 Å². The van der Waals surface area contributed by atoms with Crippen LogP contribution in [0, 0.1) is 11.3 Å². The molecule has 0 aliphatic carbocycles. The first-order valence-corrected chi connectivity index (χ1v) is 7.44. The summed E-state index contributed by atoms with van der Waals surface area (Å²) in [6, 6.07) is 6.80. The van der Waals surface area contributed by atoms with Crippen molar-refractivity contribution in [2.24, 2.45) is 11.3 Å². The standard InChI is InChI=1S/C16H22ClNO4/c1-10(2)13(22-12-7-5-6-11(17)8-12)14(19)18-9-16(3,4)15(20)21/h5-8,10,13H,9H2,1-4H3,(H,18,19)(H,20,21). The lowest BCUT2D eigenvalue weighted by Crippen LogP contribution is -2.46. The van der Waals surface area contributed by atoms with Gasteiger partial charge in [0, 0.05) is 11.6 Å². The van der Waals surface area contributed by atoms with Gasteiger partial charge in [-0.25, -0.2) is 0 Å². The van der Waals surface area contributed by atoms with Gasteiger partial charge in [-0.05, 0) is 38.0 Å². The van der Waals surface area contributed by atoms with Crippen LogP contribution < -0.4 is 10.1 Å². The molecule has 22 heavy (non-hydrogen) atoms. The number of halogens is 1. The Kier molecular flexibility index (Phi) is 6.23. The van der Waals surface area contributed by atoms with E-state index in [9.17, 15) is 9.59 Å². The van der Waals surface area contributed by atoms with Gasteiger partial charge in [-0.3, -0.25) is 9.59 Å². The lowest BCUT2D eigenvalue weighted by molar-refractivity contribution is -0.147. The molecule has 1 atom stereocenters. The molecule has 0 fully saturated rings. The van der Waals surface area contributed by atoms with Crippen molar-refractivity contribution in [1.29, 1.82) is 0 Å². The SMILES string of the molecule is CC(C)C(Oc1cccc(Cl)c1)C(=O)NCC(C)(C)C(=O)O. The van der Waals surface area contributed by atoms with E-state index in [1.807, 2.05) is 13.8 Å². The maximum absolute atomic E-state index is 12.3. The van der Waals surface area contributed by atoms with Crippen LogP contribution in [0.1, 0.15) is 27.7 Å². The molecule has 6 heteroatoms. The van der Waals surface area contributed by atoms with Crippen LogP contribution in [-0.4, -0.2) is 29.6 Å². The summed E-state index contributed by atoms with van der Waals surface area (Å²) in [6.45, 7) is 6.85. The molecule has 1 rings (SSSR count). The van der Waals surface area contributed by atoms with Gasteiger partial charge >= 0.3 is 5.97 Å². The lowest BCUT2D eigenvalue weighted by atomic mass is 9.93. The van der Waals surface area contributed by atoms with Crippen LogP contribution in [0.5, 0.6) is 5.75 Å². The van der Waals surface area contributed by atoms with Gasteiger partial charge in [0.25, 0.3) is 5.91 Å². The van der Waals surface area contributed by atoms with E-state index in [1.54, 1.807) is 38.1 Å². The summed E-state index contributed by atoms with van der Waals surface area (Å²) in [4.78, 5) is 23.3. The van der Waals surface area contributed by atoms with Gasteiger partial charge in [0.2, 0.25) is 0 Å². The highest BCUT2D eigenvalue weighted by molar-refractivity contribution is 6.30. The number of amides is 1. The molecule has 0 aromatic heterocycles. The minimum Gasteiger partial charge on any atom is -0.481 e. The number of ether oxygens (including phenoxy) is 1. The summed E-state index contributed by atoms with van der Waals surface area (Å²) in [5.74, 6) is -0.889. The Morgan fingerprint density at radius 1 is 1.36 bits per heavy atom. The molecule has 1 amide bonds. The molecule has 0 bridgehead atoms. The normalized spacial score (nSPS) is 12.8. The summed E-state index contributed by atoms with van der Waals surface area (Å²) < 4.78 is 5.70. The van der Waals surface area contributed by atoms with Gasteiger partial charge < -0.3 is 15.2 Å². The summed E-state index contributed by atoms with van der Waals surface area (Å²) in [5, 5.41) is 12.2. The first-order chi connectivity index (χ1) is 10.1. The average molecular weight is 328 g/mol. The zero-order chi connectivity index (χ0) is 16.9. The van der Waals surface area contributed by atoms with Crippen molar-refractivity contribution in [3.63, 3.8) is 0 Å². The Bertz CT molecular complexity index is 543. The number of aliphatic carboxylic acids is 1. The maximum atomic E-state index is 12.3. The summed E-state index contributed by atoms with van der Waals surface area (Å²) in [6.07, 6.45) is -0.719. The lowest BCUT2D eigenvalue weighted by Gasteiger charge is -2.25. The number of carbonyl (C=O) groups is 2. The number of hydrogen-bond acceptors (Lipinski definition) is 3. The van der Waals surface area contributed by atoms with Crippen LogP contribution >= 0.6 is 11.6 Å². The molecule has 1 unspecified atom stereocenters. The van der Waals surface area contributed by atoms with Crippen molar-refractivity contribution in [2.45, 2.75) is 33.8 Å². The zero-order valence-electron chi connectivity index (χ0n) is 13.2. The molecular weight excluding hydrogens is 306 g/mol. The van der Waals surface area contributed by atoms with Crippen LogP contribution in [0.2, 0.25) is 5.02 Å². The van der Waals surface area contributed by atoms with Gasteiger partial charge in [-0.1, -0.05) is 31.5 Å². The Morgan fingerprint density at radius 2 is 2.00 bits per heavy atom. The number of rotatable bonds is 7. The number of carboxylic acids is 1. The van der Waals surface area contributed by atoms with E-state index in [0.29, 0.717) is 10.8 Å². The number of carbonyl (C=O) groups excluding carboxylic acids is 1. The summed E-state index contributed by atoms with van der Waals surface area (Å²) in [5.41, 5.74) is -1.03. The van der Waals surface area contributed by atoms with Gasteiger partial charge in [-0.15, -0.1) is 0 Å². The quantitative estimate of drug-likeness (QED) is 0.807. The molecule has 0 saturated heterocycles. The topological polar surface area (TPSA) is 75.6 Å². The second-order valence-corrected chi connectivity index (χ2v) is 6.58. The van der Waals surface area contributed by atoms with E-state index in [2.05, 4.69) is 5.32 Å². The molecule has 0 radical (unpaired) electrons.